The number of phenolic OH excluding ortho intramolecular Hbond substituents is 1. The molecule has 5 rings (SSSR count). The van der Waals surface area contributed by atoms with E-state index >= 15 is 0 Å². The molecular weight excluding hydrogens is 394 g/mol. The lowest BCUT2D eigenvalue weighted by Gasteiger charge is -2.38. The van der Waals surface area contributed by atoms with Crippen LogP contribution in [0.2, 0.25) is 0 Å². The Hall–Kier alpha value is -3.40. The van der Waals surface area contributed by atoms with E-state index in [9.17, 15) is 5.11 Å². The molecule has 1 aliphatic rings. The van der Waals surface area contributed by atoms with Gasteiger partial charge in [0, 0.05) is 22.4 Å². The summed E-state index contributed by atoms with van der Waals surface area (Å²) in [5.74, 6) is 1.17. The molecule has 0 amide bonds. The van der Waals surface area contributed by atoms with E-state index in [1.807, 2.05) is 24.3 Å². The van der Waals surface area contributed by atoms with Crippen molar-refractivity contribution in [2.75, 3.05) is 0 Å². The van der Waals surface area contributed by atoms with Crippen molar-refractivity contribution in [2.45, 2.75) is 51.4 Å². The molecule has 0 bridgehead atoms. The molecule has 2 aromatic carbocycles. The van der Waals surface area contributed by atoms with Gasteiger partial charge in [0.15, 0.2) is 5.82 Å². The van der Waals surface area contributed by atoms with Crippen LogP contribution in [0.5, 0.6) is 5.75 Å². The molecule has 1 saturated carbocycles. The van der Waals surface area contributed by atoms with Crippen LogP contribution in [0.25, 0.3) is 17.1 Å². The Morgan fingerprint density at radius 2 is 1.28 bits per heavy atom. The third kappa shape index (κ3) is 3.60. The zero-order valence-corrected chi connectivity index (χ0v) is 18.8. The van der Waals surface area contributed by atoms with Crippen LogP contribution >= 0.6 is 0 Å². The van der Waals surface area contributed by atoms with Crippen LogP contribution in [0.1, 0.15) is 54.6 Å². The monoisotopic (exact) mass is 423 g/mol. The quantitative estimate of drug-likeness (QED) is 0.407. The number of hydrogen-bond donors (Lipinski definition) is 1. The Labute approximate surface area is 189 Å². The highest BCUT2D eigenvalue weighted by molar-refractivity contribution is 5.60. The van der Waals surface area contributed by atoms with Gasteiger partial charge in [0.1, 0.15) is 5.75 Å². The van der Waals surface area contributed by atoms with E-state index in [1.165, 1.54) is 30.4 Å². The first-order valence-electron chi connectivity index (χ1n) is 11.5. The van der Waals surface area contributed by atoms with Crippen LogP contribution in [0.3, 0.4) is 0 Å². The van der Waals surface area contributed by atoms with Gasteiger partial charge in [0.05, 0.1) is 5.69 Å². The fourth-order valence-corrected chi connectivity index (χ4v) is 5.27. The van der Waals surface area contributed by atoms with Crippen molar-refractivity contribution in [3.05, 3.63) is 95.3 Å². The largest absolute Gasteiger partial charge is 0.508 e. The third-order valence-corrected chi connectivity index (χ3v) is 7.01. The number of aryl methyl sites for hydroxylation is 2. The van der Waals surface area contributed by atoms with E-state index in [-0.39, 0.29) is 5.41 Å². The molecule has 0 radical (unpaired) electrons. The smallest absolute Gasteiger partial charge is 0.159 e. The van der Waals surface area contributed by atoms with Gasteiger partial charge in [-0.3, -0.25) is 0 Å². The molecule has 1 fully saturated rings. The van der Waals surface area contributed by atoms with Gasteiger partial charge in [-0.1, -0.05) is 55.7 Å². The number of benzene rings is 2. The lowest BCUT2D eigenvalue weighted by molar-refractivity contribution is 0.345. The summed E-state index contributed by atoms with van der Waals surface area (Å²) >= 11 is 0. The third-order valence-electron chi connectivity index (χ3n) is 7.01. The Morgan fingerprint density at radius 1 is 0.688 bits per heavy atom. The molecule has 1 aliphatic carbocycles. The maximum Gasteiger partial charge on any atom is 0.159 e. The fraction of sp³-hybridized carbons (Fsp3) is 0.286. The first-order valence-corrected chi connectivity index (χ1v) is 11.5. The second-order valence-electron chi connectivity index (χ2n) is 9.00. The molecule has 2 heterocycles. The zero-order valence-electron chi connectivity index (χ0n) is 18.8. The summed E-state index contributed by atoms with van der Waals surface area (Å²) in [6, 6.07) is 24.9. The molecule has 0 atom stereocenters. The van der Waals surface area contributed by atoms with E-state index < -0.39 is 0 Å². The van der Waals surface area contributed by atoms with Gasteiger partial charge >= 0.3 is 0 Å². The Balaban J connectivity index is 1.46. The van der Waals surface area contributed by atoms with Crippen LogP contribution in [0.4, 0.5) is 0 Å². The molecule has 0 unspecified atom stereocenters. The Morgan fingerprint density at radius 3 is 1.84 bits per heavy atom. The predicted octanol–water partition coefficient (Wildman–Crippen LogP) is 6.51. The highest BCUT2D eigenvalue weighted by Crippen LogP contribution is 2.45. The van der Waals surface area contributed by atoms with Crippen molar-refractivity contribution in [3.8, 4) is 22.8 Å². The summed E-state index contributed by atoms with van der Waals surface area (Å²) in [4.78, 5) is 0. The zero-order chi connectivity index (χ0) is 22.1. The van der Waals surface area contributed by atoms with Crippen molar-refractivity contribution >= 4 is 0 Å². The minimum absolute atomic E-state index is 0.0174. The number of nitrogens with zero attached hydrogens (tertiary/aromatic N) is 3. The summed E-state index contributed by atoms with van der Waals surface area (Å²) in [5, 5.41) is 18.8. The molecule has 0 aliphatic heterocycles. The van der Waals surface area contributed by atoms with Gasteiger partial charge in [-0.05, 0) is 74.2 Å². The number of aromatic nitrogens is 3. The average Bonchev–Trinajstić information content (AvgIpc) is 3.18. The van der Waals surface area contributed by atoms with E-state index in [0.29, 0.717) is 5.75 Å². The van der Waals surface area contributed by atoms with Gasteiger partial charge in [0.2, 0.25) is 0 Å². The lowest BCUT2D eigenvalue weighted by atomic mass is 9.65. The van der Waals surface area contributed by atoms with E-state index in [2.05, 4.69) is 77.1 Å². The first-order chi connectivity index (χ1) is 15.6. The Bertz CT molecular complexity index is 1180. The Kier molecular flexibility index (Phi) is 5.30. The first kappa shape index (κ1) is 20.5. The number of hydrogen-bond acceptors (Lipinski definition) is 3. The van der Waals surface area contributed by atoms with Crippen LogP contribution in [0, 0.1) is 13.8 Å². The molecule has 1 N–H and O–H groups in total. The van der Waals surface area contributed by atoms with Gasteiger partial charge < -0.3 is 9.67 Å². The normalized spacial score (nSPS) is 15.6. The molecule has 4 nitrogen and oxygen atoms in total. The SMILES string of the molecule is Cc1ccc(C)n1-c1ccc(-c2ccc(C3(c4ccc(O)cc4)CCCCC3)cc2)nn1. The number of rotatable bonds is 4. The molecule has 4 heteroatoms. The molecule has 0 saturated heterocycles. The molecular formula is C28H29N3O. The standard InChI is InChI=1S/C28H29N3O/c1-20-6-7-21(2)31(20)27-17-16-26(29-30-27)22-8-10-23(11-9-22)28(18-4-3-5-19-28)24-12-14-25(32)15-13-24/h6-17,32H,3-5,18-19H2,1-2H3. The number of phenols is 1. The van der Waals surface area contributed by atoms with Crippen molar-refractivity contribution in [1.82, 2.24) is 14.8 Å². The summed E-state index contributed by atoms with van der Waals surface area (Å²) < 4.78 is 2.12. The topological polar surface area (TPSA) is 50.9 Å². The summed E-state index contributed by atoms with van der Waals surface area (Å²) in [6.07, 6.45) is 6.03. The molecule has 162 valence electrons. The summed E-state index contributed by atoms with van der Waals surface area (Å²) in [7, 11) is 0. The average molecular weight is 424 g/mol. The van der Waals surface area contributed by atoms with Crippen molar-refractivity contribution in [3.63, 3.8) is 0 Å². The van der Waals surface area contributed by atoms with Crippen molar-refractivity contribution in [2.24, 2.45) is 0 Å². The summed E-state index contributed by atoms with van der Waals surface area (Å²) in [6.45, 7) is 4.16. The molecule has 0 spiro atoms. The fourth-order valence-electron chi connectivity index (χ4n) is 5.27. The van der Waals surface area contributed by atoms with Gasteiger partial charge in [-0.15, -0.1) is 10.2 Å². The second-order valence-corrected chi connectivity index (χ2v) is 9.00. The number of aromatic hydroxyl groups is 1. The van der Waals surface area contributed by atoms with Gasteiger partial charge in [-0.2, -0.15) is 0 Å². The molecule has 4 aromatic rings. The van der Waals surface area contributed by atoms with Gasteiger partial charge in [-0.25, -0.2) is 0 Å². The lowest BCUT2D eigenvalue weighted by Crippen LogP contribution is -2.30. The molecule has 2 aromatic heterocycles. The van der Waals surface area contributed by atoms with Crippen LogP contribution in [-0.4, -0.2) is 19.9 Å². The van der Waals surface area contributed by atoms with E-state index in [0.717, 1.165) is 41.3 Å². The van der Waals surface area contributed by atoms with Crippen molar-refractivity contribution in [1.29, 1.82) is 0 Å². The highest BCUT2D eigenvalue weighted by Gasteiger charge is 2.35. The summed E-state index contributed by atoms with van der Waals surface area (Å²) in [5.41, 5.74) is 6.92. The van der Waals surface area contributed by atoms with Gasteiger partial charge in [0.25, 0.3) is 0 Å². The minimum atomic E-state index is 0.0174. The van der Waals surface area contributed by atoms with E-state index in [1.54, 1.807) is 0 Å². The molecule has 32 heavy (non-hydrogen) atoms. The van der Waals surface area contributed by atoms with Crippen LogP contribution in [0.15, 0.2) is 72.8 Å². The van der Waals surface area contributed by atoms with E-state index in [4.69, 9.17) is 0 Å². The maximum atomic E-state index is 9.77. The highest BCUT2D eigenvalue weighted by atomic mass is 16.3. The predicted molar refractivity (Wildman–Crippen MR) is 128 cm³/mol. The van der Waals surface area contributed by atoms with Crippen LogP contribution < -0.4 is 0 Å². The van der Waals surface area contributed by atoms with Crippen molar-refractivity contribution < 1.29 is 5.11 Å². The van der Waals surface area contributed by atoms with Crippen LogP contribution in [-0.2, 0) is 5.41 Å². The minimum Gasteiger partial charge on any atom is -0.508 e. The maximum absolute atomic E-state index is 9.77. The second kappa shape index (κ2) is 8.27.